The molecule has 0 aromatic heterocycles. The molecular formula is C16H25NO5S. The summed E-state index contributed by atoms with van der Waals surface area (Å²) in [5.74, 6) is 0.675. The van der Waals surface area contributed by atoms with E-state index < -0.39 is 10.0 Å². The van der Waals surface area contributed by atoms with Crippen LogP contribution in [-0.4, -0.2) is 58.8 Å². The van der Waals surface area contributed by atoms with Gasteiger partial charge in [-0.1, -0.05) is 6.92 Å². The highest BCUT2D eigenvalue weighted by Gasteiger charge is 2.30. The van der Waals surface area contributed by atoms with Gasteiger partial charge in [0, 0.05) is 20.2 Å². The van der Waals surface area contributed by atoms with Crippen LogP contribution in [0.25, 0.3) is 0 Å². The van der Waals surface area contributed by atoms with E-state index in [0.29, 0.717) is 43.6 Å². The van der Waals surface area contributed by atoms with Crippen molar-refractivity contribution in [3.63, 3.8) is 0 Å². The van der Waals surface area contributed by atoms with Crippen molar-refractivity contribution in [3.8, 4) is 5.75 Å². The maximum absolute atomic E-state index is 12.8. The number of nitrogens with zero attached hydrogens (tertiary/aromatic N) is 1. The lowest BCUT2D eigenvalue weighted by Crippen LogP contribution is -2.45. The Morgan fingerprint density at radius 1 is 1.35 bits per heavy atom. The van der Waals surface area contributed by atoms with Crippen molar-refractivity contribution in [2.75, 3.05) is 40.0 Å². The van der Waals surface area contributed by atoms with Crippen molar-refractivity contribution in [2.45, 2.75) is 31.3 Å². The number of rotatable bonds is 7. The molecule has 1 fully saturated rings. The highest BCUT2D eigenvalue weighted by molar-refractivity contribution is 7.89. The van der Waals surface area contributed by atoms with E-state index in [9.17, 15) is 8.42 Å². The Hall–Kier alpha value is -1.15. The number of benzene rings is 1. The van der Waals surface area contributed by atoms with Gasteiger partial charge < -0.3 is 14.2 Å². The fraction of sp³-hybridized carbons (Fsp3) is 0.625. The highest BCUT2D eigenvalue weighted by Crippen LogP contribution is 2.25. The second-order valence-electron chi connectivity index (χ2n) is 5.53. The zero-order valence-corrected chi connectivity index (χ0v) is 14.8. The second-order valence-corrected chi connectivity index (χ2v) is 7.47. The molecule has 0 radical (unpaired) electrons. The van der Waals surface area contributed by atoms with Gasteiger partial charge >= 0.3 is 0 Å². The minimum absolute atomic E-state index is 0.0312. The molecule has 1 aliphatic heterocycles. The van der Waals surface area contributed by atoms with E-state index in [-0.39, 0.29) is 6.10 Å². The first-order chi connectivity index (χ1) is 11.0. The van der Waals surface area contributed by atoms with Gasteiger partial charge in [-0.05, 0) is 37.1 Å². The molecule has 0 N–H and O–H groups in total. The summed E-state index contributed by atoms with van der Waals surface area (Å²) < 4.78 is 43.1. The lowest BCUT2D eigenvalue weighted by molar-refractivity contribution is -0.00278. The van der Waals surface area contributed by atoms with Gasteiger partial charge in [0.15, 0.2) is 0 Å². The highest BCUT2D eigenvalue weighted by atomic mass is 32.2. The van der Waals surface area contributed by atoms with E-state index in [1.807, 2.05) is 13.8 Å². The Morgan fingerprint density at radius 3 is 2.78 bits per heavy atom. The minimum Gasteiger partial charge on any atom is -0.491 e. The molecule has 130 valence electrons. The number of ether oxygens (including phenoxy) is 3. The quantitative estimate of drug-likeness (QED) is 0.707. The number of hydrogen-bond acceptors (Lipinski definition) is 5. The number of hydrogen-bond donors (Lipinski definition) is 0. The first kappa shape index (κ1) is 18.2. The third-order valence-electron chi connectivity index (χ3n) is 3.89. The predicted molar refractivity (Wildman–Crippen MR) is 87.3 cm³/mol. The van der Waals surface area contributed by atoms with Gasteiger partial charge in [0.25, 0.3) is 0 Å². The van der Waals surface area contributed by atoms with Crippen molar-refractivity contribution < 1.29 is 22.6 Å². The van der Waals surface area contributed by atoms with Crippen molar-refractivity contribution in [2.24, 2.45) is 0 Å². The van der Waals surface area contributed by atoms with Crippen LogP contribution in [0.3, 0.4) is 0 Å². The van der Waals surface area contributed by atoms with Crippen molar-refractivity contribution in [1.82, 2.24) is 4.31 Å². The molecule has 0 aliphatic carbocycles. The summed E-state index contributed by atoms with van der Waals surface area (Å²) in [6.07, 6.45) is 0.772. The summed E-state index contributed by atoms with van der Waals surface area (Å²) in [5, 5.41) is 0. The fourth-order valence-corrected chi connectivity index (χ4v) is 4.03. The Bertz CT molecular complexity index is 617. The van der Waals surface area contributed by atoms with Crippen LogP contribution < -0.4 is 4.74 Å². The molecule has 0 spiro atoms. The minimum atomic E-state index is -3.50. The van der Waals surface area contributed by atoms with E-state index in [1.165, 1.54) is 4.31 Å². The normalized spacial score (nSPS) is 19.7. The lowest BCUT2D eigenvalue weighted by atomic mass is 10.2. The van der Waals surface area contributed by atoms with Crippen LogP contribution in [0, 0.1) is 6.92 Å². The zero-order chi connectivity index (χ0) is 16.9. The number of methoxy groups -OCH3 is 1. The van der Waals surface area contributed by atoms with E-state index in [2.05, 4.69) is 0 Å². The van der Waals surface area contributed by atoms with Crippen molar-refractivity contribution in [1.29, 1.82) is 0 Å². The molecule has 1 atom stereocenters. The fourth-order valence-electron chi connectivity index (χ4n) is 2.49. The standard InChI is InChI=1S/C16H25NO5S/c1-4-14-12-17(7-8-21-14)23(18,19)15-5-6-16(13(2)11-15)22-10-9-20-3/h5-6,11,14H,4,7-10,12H2,1-3H3/t14-/m1/s1. The molecule has 1 aliphatic rings. The summed E-state index contributed by atoms with van der Waals surface area (Å²) in [6.45, 7) is 6.01. The largest absolute Gasteiger partial charge is 0.491 e. The summed E-state index contributed by atoms with van der Waals surface area (Å²) in [7, 11) is -1.89. The summed E-state index contributed by atoms with van der Waals surface area (Å²) in [4.78, 5) is 0.297. The van der Waals surface area contributed by atoms with Crippen LogP contribution in [0.4, 0.5) is 0 Å². The van der Waals surface area contributed by atoms with Gasteiger partial charge in [0.1, 0.15) is 12.4 Å². The lowest BCUT2D eigenvalue weighted by Gasteiger charge is -2.31. The van der Waals surface area contributed by atoms with Gasteiger partial charge in [-0.3, -0.25) is 0 Å². The van der Waals surface area contributed by atoms with Crippen LogP contribution >= 0.6 is 0 Å². The Kier molecular flexibility index (Phi) is 6.41. The summed E-state index contributed by atoms with van der Waals surface area (Å²) in [5.41, 5.74) is 0.794. The Labute approximate surface area is 138 Å². The van der Waals surface area contributed by atoms with Crippen LogP contribution in [0.1, 0.15) is 18.9 Å². The molecule has 1 aromatic carbocycles. The molecule has 0 unspecified atom stereocenters. The number of sulfonamides is 1. The Morgan fingerprint density at radius 2 is 2.13 bits per heavy atom. The molecule has 23 heavy (non-hydrogen) atoms. The first-order valence-corrected chi connectivity index (χ1v) is 9.27. The molecular weight excluding hydrogens is 318 g/mol. The maximum atomic E-state index is 12.8. The summed E-state index contributed by atoms with van der Waals surface area (Å²) in [6, 6.07) is 4.96. The third-order valence-corrected chi connectivity index (χ3v) is 5.75. The molecule has 6 nitrogen and oxygen atoms in total. The summed E-state index contributed by atoms with van der Waals surface area (Å²) >= 11 is 0. The van der Waals surface area contributed by atoms with Gasteiger partial charge in [0.05, 0.1) is 24.2 Å². The van der Waals surface area contributed by atoms with E-state index in [0.717, 1.165) is 12.0 Å². The van der Waals surface area contributed by atoms with Gasteiger partial charge in [-0.25, -0.2) is 8.42 Å². The van der Waals surface area contributed by atoms with Crippen LogP contribution in [-0.2, 0) is 19.5 Å². The molecule has 0 amide bonds. The second kappa shape index (κ2) is 8.10. The SMILES string of the molecule is CC[C@@H]1CN(S(=O)(=O)c2ccc(OCCOC)c(C)c2)CCO1. The van der Waals surface area contributed by atoms with Crippen LogP contribution in [0.2, 0.25) is 0 Å². The zero-order valence-electron chi connectivity index (χ0n) is 13.9. The van der Waals surface area contributed by atoms with Gasteiger partial charge in [-0.15, -0.1) is 0 Å². The van der Waals surface area contributed by atoms with Gasteiger partial charge in [0.2, 0.25) is 10.0 Å². The topological polar surface area (TPSA) is 65.1 Å². The molecule has 0 bridgehead atoms. The molecule has 0 saturated carbocycles. The molecule has 7 heteroatoms. The van der Waals surface area contributed by atoms with Crippen LogP contribution in [0.5, 0.6) is 5.75 Å². The smallest absolute Gasteiger partial charge is 0.243 e. The van der Waals surface area contributed by atoms with E-state index in [4.69, 9.17) is 14.2 Å². The predicted octanol–water partition coefficient (Wildman–Crippen LogP) is 1.82. The number of morpholine rings is 1. The van der Waals surface area contributed by atoms with Crippen LogP contribution in [0.15, 0.2) is 23.1 Å². The third kappa shape index (κ3) is 4.44. The van der Waals surface area contributed by atoms with Crippen molar-refractivity contribution >= 4 is 10.0 Å². The van der Waals surface area contributed by atoms with Gasteiger partial charge in [-0.2, -0.15) is 4.31 Å². The van der Waals surface area contributed by atoms with E-state index >= 15 is 0 Å². The van der Waals surface area contributed by atoms with E-state index in [1.54, 1.807) is 25.3 Å². The monoisotopic (exact) mass is 343 g/mol. The average Bonchev–Trinajstić information content (AvgIpc) is 2.56. The average molecular weight is 343 g/mol. The first-order valence-electron chi connectivity index (χ1n) is 7.83. The molecule has 1 aromatic rings. The Balaban J connectivity index is 2.15. The molecule has 2 rings (SSSR count). The molecule has 1 saturated heterocycles. The number of aryl methyl sites for hydroxylation is 1. The molecule has 1 heterocycles. The maximum Gasteiger partial charge on any atom is 0.243 e. The van der Waals surface area contributed by atoms with Crippen molar-refractivity contribution in [3.05, 3.63) is 23.8 Å².